The zero-order chi connectivity index (χ0) is 19.9. The number of nitrogens with two attached hydrogens (primary N) is 1. The van der Waals surface area contributed by atoms with Crippen LogP contribution in [-0.2, 0) is 27.4 Å². The van der Waals surface area contributed by atoms with E-state index < -0.39 is 18.1 Å². The van der Waals surface area contributed by atoms with Gasteiger partial charge in [-0.2, -0.15) is 0 Å². The maximum atomic E-state index is 12.4. The number of carbonyl (C=O) groups is 2. The Morgan fingerprint density at radius 2 is 1.59 bits per heavy atom. The topological polar surface area (TPSA) is 81.4 Å². The zero-order valence-corrected chi connectivity index (χ0v) is 17.0. The molecule has 0 radical (unpaired) electrons. The van der Waals surface area contributed by atoms with Gasteiger partial charge in [0.2, 0.25) is 5.91 Å². The highest BCUT2D eigenvalue weighted by atomic mass is 35.5. The average molecular weight is 413 g/mol. The molecule has 3 aromatic rings. The maximum Gasteiger partial charge on any atom is 0.328 e. The van der Waals surface area contributed by atoms with E-state index >= 15 is 0 Å². The van der Waals surface area contributed by atoms with Gasteiger partial charge in [0.15, 0.2) is 0 Å². The summed E-state index contributed by atoms with van der Waals surface area (Å²) in [6, 6.07) is 21.9. The first-order chi connectivity index (χ1) is 13.5. The lowest BCUT2D eigenvalue weighted by Gasteiger charge is -2.17. The monoisotopic (exact) mass is 412 g/mol. The van der Waals surface area contributed by atoms with Crippen LogP contribution in [0.2, 0.25) is 0 Å². The third kappa shape index (κ3) is 6.31. The van der Waals surface area contributed by atoms with Gasteiger partial charge in [0, 0.05) is 0 Å². The Morgan fingerprint density at radius 1 is 0.931 bits per heavy atom. The molecular weight excluding hydrogens is 388 g/mol. The standard InChI is InChI=1S/C23H24N2O3.ClH/c1-16(23(27)28-15-17-7-3-2-4-8-17)25-22(26)21(24)14-18-11-12-19-9-5-6-10-20(19)13-18;/h2-13,16,21H,14-15,24H2,1H3,(H,25,26);1H/t16-,21-;/m0./s1. The van der Waals surface area contributed by atoms with Crippen molar-refractivity contribution in [1.82, 2.24) is 5.32 Å². The van der Waals surface area contributed by atoms with E-state index in [-0.39, 0.29) is 24.9 Å². The number of carbonyl (C=O) groups excluding carboxylic acids is 2. The van der Waals surface area contributed by atoms with Crippen molar-refractivity contribution in [2.75, 3.05) is 0 Å². The highest BCUT2D eigenvalue weighted by Gasteiger charge is 2.21. The predicted molar refractivity (Wildman–Crippen MR) is 117 cm³/mol. The SMILES string of the molecule is C[C@H](NC(=O)[C@@H](N)Cc1ccc2ccccc2c1)C(=O)OCc1ccccc1.Cl. The normalized spacial score (nSPS) is 12.5. The number of benzene rings is 3. The van der Waals surface area contributed by atoms with Crippen LogP contribution in [0.3, 0.4) is 0 Å². The van der Waals surface area contributed by atoms with E-state index in [4.69, 9.17) is 10.5 Å². The van der Waals surface area contributed by atoms with Gasteiger partial charge in [0.1, 0.15) is 12.6 Å². The van der Waals surface area contributed by atoms with E-state index in [9.17, 15) is 9.59 Å². The molecule has 0 aliphatic carbocycles. The second-order valence-corrected chi connectivity index (χ2v) is 6.82. The Hall–Kier alpha value is -2.89. The second-order valence-electron chi connectivity index (χ2n) is 6.82. The summed E-state index contributed by atoms with van der Waals surface area (Å²) < 4.78 is 5.24. The van der Waals surface area contributed by atoms with Gasteiger partial charge in [0.05, 0.1) is 6.04 Å². The van der Waals surface area contributed by atoms with Crippen molar-refractivity contribution >= 4 is 35.1 Å². The molecule has 0 aromatic heterocycles. The molecule has 0 aliphatic rings. The van der Waals surface area contributed by atoms with Crippen LogP contribution >= 0.6 is 12.4 Å². The summed E-state index contributed by atoms with van der Waals surface area (Å²) in [5, 5.41) is 4.87. The van der Waals surface area contributed by atoms with Gasteiger partial charge in [-0.05, 0) is 35.2 Å². The first-order valence-corrected chi connectivity index (χ1v) is 9.27. The van der Waals surface area contributed by atoms with Crippen molar-refractivity contribution < 1.29 is 14.3 Å². The molecule has 3 aromatic carbocycles. The predicted octanol–water partition coefficient (Wildman–Crippen LogP) is 3.38. The number of amides is 1. The molecule has 0 fully saturated rings. The Bertz CT molecular complexity index is 963. The fourth-order valence-corrected chi connectivity index (χ4v) is 2.95. The first kappa shape index (κ1) is 22.4. The number of hydrogen-bond donors (Lipinski definition) is 2. The number of rotatable bonds is 7. The third-order valence-electron chi connectivity index (χ3n) is 4.54. The summed E-state index contributed by atoms with van der Waals surface area (Å²) >= 11 is 0. The molecule has 0 spiro atoms. The fraction of sp³-hybridized carbons (Fsp3) is 0.217. The van der Waals surface area contributed by atoms with E-state index in [1.165, 1.54) is 0 Å². The Balaban J connectivity index is 0.00000300. The van der Waals surface area contributed by atoms with E-state index in [0.717, 1.165) is 21.9 Å². The lowest BCUT2D eigenvalue weighted by Crippen LogP contribution is -2.48. The second kappa shape index (κ2) is 10.6. The van der Waals surface area contributed by atoms with Crippen molar-refractivity contribution in [1.29, 1.82) is 0 Å². The van der Waals surface area contributed by atoms with Crippen molar-refractivity contribution in [3.63, 3.8) is 0 Å². The number of nitrogens with one attached hydrogen (secondary N) is 1. The van der Waals surface area contributed by atoms with Crippen LogP contribution in [0.25, 0.3) is 10.8 Å². The van der Waals surface area contributed by atoms with Crippen molar-refractivity contribution in [3.05, 3.63) is 83.9 Å². The fourth-order valence-electron chi connectivity index (χ4n) is 2.95. The van der Waals surface area contributed by atoms with Gasteiger partial charge in [-0.3, -0.25) is 4.79 Å². The quantitative estimate of drug-likeness (QED) is 0.583. The molecule has 3 N–H and O–H groups in total. The summed E-state index contributed by atoms with van der Waals surface area (Å²) in [7, 11) is 0. The van der Waals surface area contributed by atoms with Crippen LogP contribution in [-0.4, -0.2) is 24.0 Å². The number of esters is 1. The van der Waals surface area contributed by atoms with Gasteiger partial charge in [-0.15, -0.1) is 12.4 Å². The van der Waals surface area contributed by atoms with Crippen molar-refractivity contribution in [2.24, 2.45) is 5.73 Å². The third-order valence-corrected chi connectivity index (χ3v) is 4.54. The largest absolute Gasteiger partial charge is 0.459 e. The maximum absolute atomic E-state index is 12.4. The Kier molecular flexibility index (Phi) is 8.19. The van der Waals surface area contributed by atoms with Crippen LogP contribution < -0.4 is 11.1 Å². The van der Waals surface area contributed by atoms with Crippen LogP contribution in [0.15, 0.2) is 72.8 Å². The molecule has 0 saturated heterocycles. The van der Waals surface area contributed by atoms with Gasteiger partial charge >= 0.3 is 5.97 Å². The smallest absolute Gasteiger partial charge is 0.328 e. The first-order valence-electron chi connectivity index (χ1n) is 9.27. The lowest BCUT2D eigenvalue weighted by atomic mass is 10.0. The minimum absolute atomic E-state index is 0. The van der Waals surface area contributed by atoms with E-state index in [1.807, 2.05) is 72.8 Å². The number of hydrogen-bond acceptors (Lipinski definition) is 4. The van der Waals surface area contributed by atoms with Crippen LogP contribution in [0, 0.1) is 0 Å². The zero-order valence-electron chi connectivity index (χ0n) is 16.2. The molecule has 0 unspecified atom stereocenters. The van der Waals surface area contributed by atoms with Gasteiger partial charge in [-0.25, -0.2) is 4.79 Å². The average Bonchev–Trinajstić information content (AvgIpc) is 2.72. The number of ether oxygens (including phenoxy) is 1. The number of fused-ring (bicyclic) bond motifs is 1. The molecular formula is C23H25ClN2O3. The molecule has 0 heterocycles. The Labute approximate surface area is 176 Å². The highest BCUT2D eigenvalue weighted by molar-refractivity contribution is 5.88. The van der Waals surface area contributed by atoms with Crippen LogP contribution in [0.5, 0.6) is 0 Å². The molecule has 0 aliphatic heterocycles. The summed E-state index contributed by atoms with van der Waals surface area (Å²) in [6.45, 7) is 1.76. The van der Waals surface area contributed by atoms with E-state index in [2.05, 4.69) is 5.32 Å². The molecule has 5 nitrogen and oxygen atoms in total. The van der Waals surface area contributed by atoms with E-state index in [0.29, 0.717) is 6.42 Å². The summed E-state index contributed by atoms with van der Waals surface area (Å²) in [5.41, 5.74) is 7.91. The molecule has 0 saturated carbocycles. The minimum Gasteiger partial charge on any atom is -0.459 e. The summed E-state index contributed by atoms with van der Waals surface area (Å²) in [5.74, 6) is -0.868. The molecule has 6 heteroatoms. The van der Waals surface area contributed by atoms with Crippen LogP contribution in [0.1, 0.15) is 18.1 Å². The van der Waals surface area contributed by atoms with Crippen molar-refractivity contribution in [2.45, 2.75) is 32.0 Å². The number of halogens is 1. The molecule has 0 bridgehead atoms. The summed E-state index contributed by atoms with van der Waals surface area (Å²) in [6.07, 6.45) is 0.391. The van der Waals surface area contributed by atoms with Gasteiger partial charge < -0.3 is 15.8 Å². The summed E-state index contributed by atoms with van der Waals surface area (Å²) in [4.78, 5) is 24.5. The van der Waals surface area contributed by atoms with Crippen LogP contribution in [0.4, 0.5) is 0 Å². The van der Waals surface area contributed by atoms with Gasteiger partial charge in [0.25, 0.3) is 0 Å². The van der Waals surface area contributed by atoms with Gasteiger partial charge in [-0.1, -0.05) is 72.8 Å². The molecule has 29 heavy (non-hydrogen) atoms. The molecule has 2 atom stereocenters. The molecule has 1 amide bonds. The minimum atomic E-state index is -0.765. The van der Waals surface area contributed by atoms with Crippen molar-refractivity contribution in [3.8, 4) is 0 Å². The Morgan fingerprint density at radius 3 is 2.31 bits per heavy atom. The molecule has 3 rings (SSSR count). The lowest BCUT2D eigenvalue weighted by molar-refractivity contribution is -0.148. The van der Waals surface area contributed by atoms with E-state index in [1.54, 1.807) is 6.92 Å². The highest BCUT2D eigenvalue weighted by Crippen LogP contribution is 2.16. The molecule has 152 valence electrons.